The molecule has 186 valence electrons. The van der Waals surface area contributed by atoms with Gasteiger partial charge in [0.25, 0.3) is 11.5 Å². The quantitative estimate of drug-likeness (QED) is 0.233. The van der Waals surface area contributed by atoms with Gasteiger partial charge in [0.2, 0.25) is 0 Å². The van der Waals surface area contributed by atoms with Gasteiger partial charge in [0.15, 0.2) is 0 Å². The van der Waals surface area contributed by atoms with Gasteiger partial charge >= 0.3 is 0 Å². The van der Waals surface area contributed by atoms with Crippen LogP contribution in [0, 0.1) is 0 Å². The number of amides is 1. The highest BCUT2D eigenvalue weighted by molar-refractivity contribution is 9.10. The second kappa shape index (κ2) is 9.77. The van der Waals surface area contributed by atoms with Crippen molar-refractivity contribution in [1.82, 2.24) is 19.5 Å². The molecule has 4 heterocycles. The molecule has 0 aliphatic rings. The third kappa shape index (κ3) is 4.42. The minimum absolute atomic E-state index is 0.0310. The number of aromatic nitrogens is 4. The van der Waals surface area contributed by atoms with E-state index in [9.17, 15) is 9.59 Å². The molecule has 4 aromatic heterocycles. The number of anilines is 1. The molecule has 10 heteroatoms. The monoisotopic (exact) mass is 585 g/mol. The molecule has 0 aliphatic carbocycles. The lowest BCUT2D eigenvalue weighted by molar-refractivity contribution is 0.102. The lowest BCUT2D eigenvalue weighted by atomic mass is 10.1. The number of hydrogen-bond acceptors (Lipinski definition) is 5. The van der Waals surface area contributed by atoms with Crippen LogP contribution in [0.1, 0.15) is 10.4 Å². The maximum atomic E-state index is 13.5. The number of halogens is 2. The van der Waals surface area contributed by atoms with E-state index in [2.05, 4.69) is 36.2 Å². The van der Waals surface area contributed by atoms with Crippen molar-refractivity contribution in [3.05, 3.63) is 117 Å². The number of pyridine rings is 3. The molecule has 0 aliphatic heterocycles. The van der Waals surface area contributed by atoms with Gasteiger partial charge in [-0.15, -0.1) is 0 Å². The maximum Gasteiger partial charge on any atom is 0.269 e. The van der Waals surface area contributed by atoms with Crippen molar-refractivity contribution in [2.45, 2.75) is 0 Å². The Morgan fingerprint density at radius 1 is 1.00 bits per heavy atom. The van der Waals surface area contributed by atoms with Gasteiger partial charge in [0, 0.05) is 34.1 Å². The number of fused-ring (bicyclic) bond motifs is 2. The predicted octanol–water partition coefficient (Wildman–Crippen LogP) is 6.72. The molecule has 6 rings (SSSR count). The Morgan fingerprint density at radius 2 is 1.84 bits per heavy atom. The van der Waals surface area contributed by atoms with Crippen LogP contribution < -0.4 is 15.6 Å². The number of nitrogens with one attached hydrogen (secondary N) is 2. The topological polar surface area (TPSA) is 102 Å². The van der Waals surface area contributed by atoms with Gasteiger partial charge in [-0.1, -0.05) is 11.6 Å². The first-order valence-corrected chi connectivity index (χ1v) is 12.6. The van der Waals surface area contributed by atoms with Gasteiger partial charge in [-0.2, -0.15) is 0 Å². The summed E-state index contributed by atoms with van der Waals surface area (Å²) in [5.74, 6) is 0.698. The fourth-order valence-corrected chi connectivity index (χ4v) is 4.55. The maximum absolute atomic E-state index is 13.5. The molecule has 38 heavy (non-hydrogen) atoms. The molecule has 0 radical (unpaired) electrons. The number of benzene rings is 2. The summed E-state index contributed by atoms with van der Waals surface area (Å²) in [6.45, 7) is 0. The van der Waals surface area contributed by atoms with Gasteiger partial charge < -0.3 is 15.0 Å². The summed E-state index contributed by atoms with van der Waals surface area (Å²) in [6, 6.07) is 20.8. The molecular weight excluding hydrogens is 570 g/mol. The fraction of sp³-hybridized carbons (Fsp3) is 0. The molecule has 0 fully saturated rings. The number of carbonyl (C=O) groups excluding carboxylic acids is 1. The van der Waals surface area contributed by atoms with Crippen molar-refractivity contribution in [2.24, 2.45) is 0 Å². The van der Waals surface area contributed by atoms with Crippen molar-refractivity contribution < 1.29 is 9.53 Å². The minimum Gasteiger partial charge on any atom is -0.457 e. The minimum atomic E-state index is -0.547. The van der Waals surface area contributed by atoms with Crippen LogP contribution in [0.3, 0.4) is 0 Å². The zero-order valence-corrected chi connectivity index (χ0v) is 21.8. The summed E-state index contributed by atoms with van der Waals surface area (Å²) in [6.07, 6.45) is 5.05. The van der Waals surface area contributed by atoms with Gasteiger partial charge in [-0.3, -0.25) is 14.2 Å². The molecule has 8 nitrogen and oxygen atoms in total. The van der Waals surface area contributed by atoms with Crippen LogP contribution >= 0.6 is 27.5 Å². The molecule has 0 atom stereocenters. The second-order valence-electron chi connectivity index (χ2n) is 8.34. The van der Waals surface area contributed by atoms with Crippen LogP contribution in [-0.2, 0) is 0 Å². The number of carbonyl (C=O) groups is 1. The molecule has 6 aromatic rings. The normalized spacial score (nSPS) is 11.1. The number of hydrogen-bond donors (Lipinski definition) is 2. The summed E-state index contributed by atoms with van der Waals surface area (Å²) in [5.41, 5.74) is 1.61. The first kappa shape index (κ1) is 23.9. The predicted molar refractivity (Wildman–Crippen MR) is 151 cm³/mol. The molecule has 2 N–H and O–H groups in total. The highest BCUT2D eigenvalue weighted by Gasteiger charge is 2.18. The second-order valence-corrected chi connectivity index (χ2v) is 9.60. The first-order chi connectivity index (χ1) is 18.5. The van der Waals surface area contributed by atoms with Crippen molar-refractivity contribution in [2.75, 3.05) is 5.32 Å². The number of aromatic amines is 1. The molecule has 0 unspecified atom stereocenters. The molecule has 0 saturated carbocycles. The Morgan fingerprint density at radius 3 is 2.66 bits per heavy atom. The van der Waals surface area contributed by atoms with E-state index in [0.29, 0.717) is 43.4 Å². The van der Waals surface area contributed by atoms with Gasteiger partial charge in [-0.05, 0) is 88.7 Å². The molecule has 0 saturated heterocycles. The van der Waals surface area contributed by atoms with Crippen LogP contribution in [-0.4, -0.2) is 25.4 Å². The molecular formula is C28H17BrClN5O3. The lowest BCUT2D eigenvalue weighted by Gasteiger charge is -2.13. The molecule has 2 aromatic carbocycles. The Balaban J connectivity index is 1.30. The summed E-state index contributed by atoms with van der Waals surface area (Å²) in [7, 11) is 0. The zero-order chi connectivity index (χ0) is 26.2. The first-order valence-electron chi connectivity index (χ1n) is 11.5. The van der Waals surface area contributed by atoms with E-state index in [1.54, 1.807) is 85.3 Å². The molecule has 0 spiro atoms. The van der Waals surface area contributed by atoms with E-state index < -0.39 is 11.5 Å². The van der Waals surface area contributed by atoms with E-state index in [4.69, 9.17) is 16.3 Å². The summed E-state index contributed by atoms with van der Waals surface area (Å²) in [4.78, 5) is 38.5. The van der Waals surface area contributed by atoms with Crippen molar-refractivity contribution >= 4 is 61.2 Å². The van der Waals surface area contributed by atoms with E-state index in [-0.39, 0.29) is 5.56 Å². The zero-order valence-electron chi connectivity index (χ0n) is 19.5. The average molecular weight is 587 g/mol. The average Bonchev–Trinajstić information content (AvgIpc) is 3.41. The highest BCUT2D eigenvalue weighted by Crippen LogP contribution is 2.29. The van der Waals surface area contributed by atoms with E-state index in [1.165, 1.54) is 4.57 Å². The Bertz CT molecular complexity index is 1900. The largest absolute Gasteiger partial charge is 0.457 e. The number of ether oxygens (including phenoxy) is 1. The van der Waals surface area contributed by atoms with Gasteiger partial charge in [0.05, 0.1) is 16.1 Å². The summed E-state index contributed by atoms with van der Waals surface area (Å²) >= 11 is 9.65. The van der Waals surface area contributed by atoms with Crippen molar-refractivity contribution in [3.8, 4) is 17.2 Å². The third-order valence-corrected chi connectivity index (χ3v) is 7.16. The van der Waals surface area contributed by atoms with Crippen LogP contribution in [0.2, 0.25) is 5.02 Å². The molecule has 0 bridgehead atoms. The highest BCUT2D eigenvalue weighted by atomic mass is 79.9. The van der Waals surface area contributed by atoms with Crippen molar-refractivity contribution in [1.29, 1.82) is 0 Å². The number of H-pyrrole nitrogens is 1. The van der Waals surface area contributed by atoms with Crippen LogP contribution in [0.25, 0.3) is 27.8 Å². The Kier molecular flexibility index (Phi) is 6.15. The van der Waals surface area contributed by atoms with E-state index in [0.717, 1.165) is 11.0 Å². The van der Waals surface area contributed by atoms with Crippen LogP contribution in [0.5, 0.6) is 11.5 Å². The Hall–Kier alpha value is -4.47. The van der Waals surface area contributed by atoms with E-state index >= 15 is 0 Å². The lowest BCUT2D eigenvalue weighted by Crippen LogP contribution is -2.29. The third-order valence-electron chi connectivity index (χ3n) is 5.93. The standard InChI is InChI=1S/C28H17BrClN5O3/c29-22-8-5-18(15-23(22)30)35-26-16(2-1-11-33-26)14-21(28(35)37)27(36)34-17-3-6-19(7-4-17)38-24-10-13-32-25-20(24)9-12-31-25/h1-15H,(H,31,32)(H,34,36). The van der Waals surface area contributed by atoms with Gasteiger partial charge in [0.1, 0.15) is 28.4 Å². The van der Waals surface area contributed by atoms with Gasteiger partial charge in [-0.25, -0.2) is 9.97 Å². The Labute approximate surface area is 229 Å². The molecule has 1 amide bonds. The van der Waals surface area contributed by atoms with Crippen LogP contribution in [0.15, 0.2) is 101 Å². The fourth-order valence-electron chi connectivity index (χ4n) is 4.13. The summed E-state index contributed by atoms with van der Waals surface area (Å²) in [5, 5.41) is 4.73. The van der Waals surface area contributed by atoms with Crippen LogP contribution in [0.4, 0.5) is 5.69 Å². The van der Waals surface area contributed by atoms with Crippen molar-refractivity contribution in [3.63, 3.8) is 0 Å². The smallest absolute Gasteiger partial charge is 0.269 e. The SMILES string of the molecule is O=C(Nc1ccc(Oc2ccnc3[nH]ccc23)cc1)c1cc2cccnc2n(-c2ccc(Br)c(Cl)c2)c1=O. The van der Waals surface area contributed by atoms with E-state index in [1.807, 2.05) is 6.07 Å². The number of nitrogens with zero attached hydrogens (tertiary/aromatic N) is 3. The number of rotatable bonds is 5. The summed E-state index contributed by atoms with van der Waals surface area (Å²) < 4.78 is 8.07.